The van der Waals surface area contributed by atoms with Crippen molar-refractivity contribution in [1.29, 1.82) is 0 Å². The van der Waals surface area contributed by atoms with Gasteiger partial charge in [-0.25, -0.2) is 0 Å². The number of hydrogen-bond donors (Lipinski definition) is 0. The molecule has 104 valence electrons. The van der Waals surface area contributed by atoms with Crippen LogP contribution < -0.4 is 9.47 Å². The molecule has 0 fully saturated rings. The average Bonchev–Trinajstić information content (AvgIpc) is 2.42. The van der Waals surface area contributed by atoms with Crippen molar-refractivity contribution in [2.75, 3.05) is 7.11 Å². The average molecular weight is 316 g/mol. The van der Waals surface area contributed by atoms with E-state index in [0.29, 0.717) is 5.75 Å². The van der Waals surface area contributed by atoms with Crippen LogP contribution in [-0.2, 0) is 0 Å². The van der Waals surface area contributed by atoms with Crippen molar-refractivity contribution < 1.29 is 14.4 Å². The molecular formula is C11H7Cl2N3O4. The molecule has 7 nitrogen and oxygen atoms in total. The third-order valence-electron chi connectivity index (χ3n) is 2.26. The molecule has 20 heavy (non-hydrogen) atoms. The van der Waals surface area contributed by atoms with Crippen LogP contribution >= 0.6 is 23.2 Å². The highest BCUT2D eigenvalue weighted by atomic mass is 35.5. The number of non-ortho nitro benzene ring substituents is 1. The lowest BCUT2D eigenvalue weighted by molar-refractivity contribution is -0.384. The zero-order chi connectivity index (χ0) is 14.7. The van der Waals surface area contributed by atoms with Crippen molar-refractivity contribution in [3.8, 4) is 17.2 Å². The van der Waals surface area contributed by atoms with E-state index >= 15 is 0 Å². The SMILES string of the molecule is COc1ccc([N+](=O)[O-])cc1Oc1cc(Cl)nnc1Cl. The Morgan fingerprint density at radius 3 is 2.55 bits per heavy atom. The first-order chi connectivity index (χ1) is 9.51. The predicted molar refractivity (Wildman–Crippen MR) is 71.8 cm³/mol. The van der Waals surface area contributed by atoms with Crippen LogP contribution in [0.3, 0.4) is 0 Å². The van der Waals surface area contributed by atoms with Gasteiger partial charge in [0.2, 0.25) is 0 Å². The smallest absolute Gasteiger partial charge is 0.273 e. The van der Waals surface area contributed by atoms with Gasteiger partial charge in [-0.3, -0.25) is 10.1 Å². The maximum atomic E-state index is 10.8. The Morgan fingerprint density at radius 1 is 1.15 bits per heavy atom. The molecule has 0 atom stereocenters. The number of nitro groups is 1. The van der Waals surface area contributed by atoms with E-state index in [1.165, 1.54) is 31.4 Å². The van der Waals surface area contributed by atoms with Crippen LogP contribution in [0.2, 0.25) is 10.3 Å². The topological polar surface area (TPSA) is 87.4 Å². The molecule has 0 aliphatic carbocycles. The van der Waals surface area contributed by atoms with Gasteiger partial charge < -0.3 is 9.47 Å². The molecule has 1 aromatic carbocycles. The second-order valence-corrected chi connectivity index (χ2v) is 4.26. The summed E-state index contributed by atoms with van der Waals surface area (Å²) in [7, 11) is 1.41. The standard InChI is InChI=1S/C11H7Cl2N3O4/c1-19-7-3-2-6(16(17)18)4-8(7)20-9-5-10(12)14-15-11(9)13/h2-5H,1H3. The van der Waals surface area contributed by atoms with Gasteiger partial charge >= 0.3 is 0 Å². The van der Waals surface area contributed by atoms with E-state index in [4.69, 9.17) is 32.7 Å². The summed E-state index contributed by atoms with van der Waals surface area (Å²) in [4.78, 5) is 10.2. The van der Waals surface area contributed by atoms with Gasteiger partial charge in [-0.05, 0) is 6.07 Å². The number of benzene rings is 1. The normalized spacial score (nSPS) is 10.2. The second kappa shape index (κ2) is 5.89. The number of rotatable bonds is 4. The largest absolute Gasteiger partial charge is 0.493 e. The van der Waals surface area contributed by atoms with Crippen molar-refractivity contribution >= 4 is 28.9 Å². The highest BCUT2D eigenvalue weighted by Crippen LogP contribution is 2.37. The number of aromatic nitrogens is 2. The fourth-order valence-corrected chi connectivity index (χ4v) is 1.65. The Kier molecular flexibility index (Phi) is 4.21. The summed E-state index contributed by atoms with van der Waals surface area (Å²) in [5.74, 6) is 0.540. The molecule has 2 rings (SSSR count). The quantitative estimate of drug-likeness (QED) is 0.634. The second-order valence-electron chi connectivity index (χ2n) is 3.52. The van der Waals surface area contributed by atoms with Gasteiger partial charge in [-0.2, -0.15) is 0 Å². The summed E-state index contributed by atoms with van der Waals surface area (Å²) in [6.45, 7) is 0. The minimum atomic E-state index is -0.550. The van der Waals surface area contributed by atoms with Gasteiger partial charge in [-0.15, -0.1) is 10.2 Å². The first-order valence-corrected chi connectivity index (χ1v) is 5.96. The third kappa shape index (κ3) is 3.06. The van der Waals surface area contributed by atoms with E-state index in [-0.39, 0.29) is 27.5 Å². The van der Waals surface area contributed by atoms with Crippen molar-refractivity contribution in [2.24, 2.45) is 0 Å². The molecule has 0 bridgehead atoms. The molecule has 2 aromatic rings. The number of halogens is 2. The zero-order valence-corrected chi connectivity index (χ0v) is 11.6. The molecule has 0 radical (unpaired) electrons. The summed E-state index contributed by atoms with van der Waals surface area (Å²) in [6.07, 6.45) is 0. The fraction of sp³-hybridized carbons (Fsp3) is 0.0909. The van der Waals surface area contributed by atoms with Crippen LogP contribution in [0.25, 0.3) is 0 Å². The molecule has 1 heterocycles. The van der Waals surface area contributed by atoms with Crippen LogP contribution in [0.5, 0.6) is 17.2 Å². The molecule has 0 amide bonds. The Morgan fingerprint density at radius 2 is 1.90 bits per heavy atom. The van der Waals surface area contributed by atoms with Crippen LogP contribution in [-0.4, -0.2) is 22.2 Å². The number of ether oxygens (including phenoxy) is 2. The van der Waals surface area contributed by atoms with Crippen LogP contribution in [0.15, 0.2) is 24.3 Å². The Labute approximate surface area is 123 Å². The highest BCUT2D eigenvalue weighted by molar-refractivity contribution is 6.32. The number of nitrogens with zero attached hydrogens (tertiary/aromatic N) is 3. The van der Waals surface area contributed by atoms with Crippen molar-refractivity contribution in [3.63, 3.8) is 0 Å². The molecule has 0 saturated heterocycles. The molecule has 0 aliphatic rings. The summed E-state index contributed by atoms with van der Waals surface area (Å²) in [6, 6.07) is 5.27. The lowest BCUT2D eigenvalue weighted by atomic mass is 10.3. The Bertz CT molecular complexity index is 666. The summed E-state index contributed by atoms with van der Waals surface area (Å²) in [5, 5.41) is 17.9. The lowest BCUT2D eigenvalue weighted by Crippen LogP contribution is -1.95. The molecule has 0 unspecified atom stereocenters. The molecular weight excluding hydrogens is 309 g/mol. The summed E-state index contributed by atoms with van der Waals surface area (Å²) in [5.41, 5.74) is -0.148. The molecule has 0 saturated carbocycles. The first-order valence-electron chi connectivity index (χ1n) is 5.20. The molecule has 0 N–H and O–H groups in total. The van der Waals surface area contributed by atoms with Gasteiger partial charge in [0.1, 0.15) is 0 Å². The van der Waals surface area contributed by atoms with Gasteiger partial charge in [0.15, 0.2) is 27.6 Å². The van der Waals surface area contributed by atoms with Crippen molar-refractivity contribution in [2.45, 2.75) is 0 Å². The summed E-state index contributed by atoms with van der Waals surface area (Å²) >= 11 is 11.5. The van der Waals surface area contributed by atoms with E-state index in [1.54, 1.807) is 0 Å². The number of hydrogen-bond acceptors (Lipinski definition) is 6. The highest BCUT2D eigenvalue weighted by Gasteiger charge is 2.15. The van der Waals surface area contributed by atoms with Gasteiger partial charge in [-0.1, -0.05) is 23.2 Å². The molecule has 1 aromatic heterocycles. The first kappa shape index (κ1) is 14.3. The third-order valence-corrected chi connectivity index (χ3v) is 2.71. The van der Waals surface area contributed by atoms with Gasteiger partial charge in [0.25, 0.3) is 5.69 Å². The lowest BCUT2D eigenvalue weighted by Gasteiger charge is -2.10. The Balaban J connectivity index is 2.43. The minimum absolute atomic E-state index is 0.0250. The maximum absolute atomic E-state index is 10.8. The molecule has 9 heteroatoms. The fourth-order valence-electron chi connectivity index (χ4n) is 1.39. The summed E-state index contributed by atoms with van der Waals surface area (Å²) < 4.78 is 10.5. The van der Waals surface area contributed by atoms with E-state index in [9.17, 15) is 10.1 Å². The van der Waals surface area contributed by atoms with Gasteiger partial charge in [0, 0.05) is 12.1 Å². The van der Waals surface area contributed by atoms with Crippen LogP contribution in [0.4, 0.5) is 5.69 Å². The monoisotopic (exact) mass is 315 g/mol. The number of nitro benzene ring substituents is 1. The maximum Gasteiger partial charge on any atom is 0.273 e. The molecule has 0 aliphatic heterocycles. The number of methoxy groups -OCH3 is 1. The van der Waals surface area contributed by atoms with E-state index in [2.05, 4.69) is 10.2 Å². The van der Waals surface area contributed by atoms with Crippen molar-refractivity contribution in [1.82, 2.24) is 10.2 Å². The molecule has 0 spiro atoms. The minimum Gasteiger partial charge on any atom is -0.493 e. The Hall–Kier alpha value is -2.12. The van der Waals surface area contributed by atoms with Crippen LogP contribution in [0.1, 0.15) is 0 Å². The van der Waals surface area contributed by atoms with E-state index < -0.39 is 4.92 Å². The predicted octanol–water partition coefficient (Wildman–Crippen LogP) is 3.49. The van der Waals surface area contributed by atoms with E-state index in [1.807, 2.05) is 0 Å². The van der Waals surface area contributed by atoms with Gasteiger partial charge in [0.05, 0.1) is 18.1 Å². The van der Waals surface area contributed by atoms with Crippen molar-refractivity contribution in [3.05, 3.63) is 44.7 Å². The zero-order valence-electron chi connectivity index (χ0n) is 10.0. The van der Waals surface area contributed by atoms with E-state index in [0.717, 1.165) is 0 Å². The van der Waals surface area contributed by atoms with Crippen LogP contribution in [0, 0.1) is 10.1 Å².